The molecule has 0 spiro atoms. The molecule has 1 aliphatic heterocycles. The first-order chi connectivity index (χ1) is 14.2. The van der Waals surface area contributed by atoms with Crippen molar-refractivity contribution in [2.24, 2.45) is 0 Å². The zero-order chi connectivity index (χ0) is 22.4. The largest absolute Gasteiger partial charge is 0.490 e. The third-order valence-electron chi connectivity index (χ3n) is 4.36. The molecule has 9 heteroatoms. The van der Waals surface area contributed by atoms with E-state index in [9.17, 15) is 14.4 Å². The highest BCUT2D eigenvalue weighted by Crippen LogP contribution is 2.40. The summed E-state index contributed by atoms with van der Waals surface area (Å²) in [5.41, 5.74) is 0.663. The van der Waals surface area contributed by atoms with Gasteiger partial charge >= 0.3 is 5.97 Å². The normalized spacial score (nSPS) is 17.3. The fourth-order valence-corrected chi connectivity index (χ4v) is 4.13. The molecule has 0 unspecified atom stereocenters. The summed E-state index contributed by atoms with van der Waals surface area (Å²) in [4.78, 5) is 38.2. The second-order valence-electron chi connectivity index (χ2n) is 6.58. The first-order valence-corrected chi connectivity index (χ1v) is 11.4. The molecule has 2 amide bonds. The Labute approximate surface area is 189 Å². The van der Waals surface area contributed by atoms with Crippen LogP contribution in [0.3, 0.4) is 0 Å². The lowest BCUT2D eigenvalue weighted by Crippen LogP contribution is -2.42. The Bertz CT molecular complexity index is 856. The van der Waals surface area contributed by atoms with E-state index in [0.29, 0.717) is 28.1 Å². The zero-order valence-electron chi connectivity index (χ0n) is 17.7. The van der Waals surface area contributed by atoms with Crippen LogP contribution >= 0.6 is 27.7 Å². The Kier molecular flexibility index (Phi) is 8.78. The molecule has 1 heterocycles. The number of carbonyl (C=O) groups excluding carboxylic acids is 3. The first-order valence-electron chi connectivity index (χ1n) is 9.80. The zero-order valence-corrected chi connectivity index (χ0v) is 20.1. The Hall–Kier alpha value is -2.00. The molecule has 1 saturated heterocycles. The van der Waals surface area contributed by atoms with Gasteiger partial charge in [-0.3, -0.25) is 14.5 Å². The summed E-state index contributed by atoms with van der Waals surface area (Å²) in [5.74, 6) is -0.0153. The molecule has 1 aromatic rings. The number of imide groups is 1. The molecule has 1 aliphatic rings. The lowest BCUT2D eigenvalue weighted by molar-refractivity contribution is -0.150. The van der Waals surface area contributed by atoms with Gasteiger partial charge in [-0.1, -0.05) is 6.92 Å². The number of benzene rings is 1. The quantitative estimate of drug-likeness (QED) is 0.348. The van der Waals surface area contributed by atoms with Gasteiger partial charge < -0.3 is 14.2 Å². The molecular formula is C21H26BrNO6S. The van der Waals surface area contributed by atoms with E-state index in [-0.39, 0.29) is 17.6 Å². The average molecular weight is 500 g/mol. The number of hydrogen-bond acceptors (Lipinski definition) is 7. The molecule has 0 saturated carbocycles. The standard InChI is InChI=1S/C21H26BrNO6S/c1-6-12(4)29-18-15(22)9-14(10-16(18)27-7-2)11-17-19(24)23(21(26)30-17)13(5)20(25)28-8-3/h9-13H,6-8H2,1-5H3/b17-11+/t12-,13-/m0/s1. The van der Waals surface area contributed by atoms with Crippen LogP contribution in [0.5, 0.6) is 11.5 Å². The molecule has 2 rings (SSSR count). The highest BCUT2D eigenvalue weighted by molar-refractivity contribution is 9.10. The number of nitrogens with zero attached hydrogens (tertiary/aromatic N) is 1. The molecule has 0 N–H and O–H groups in total. The van der Waals surface area contributed by atoms with E-state index in [0.717, 1.165) is 23.1 Å². The van der Waals surface area contributed by atoms with Crippen LogP contribution in [0.2, 0.25) is 0 Å². The maximum absolute atomic E-state index is 12.8. The number of ether oxygens (including phenoxy) is 3. The van der Waals surface area contributed by atoms with Crippen molar-refractivity contribution in [3.8, 4) is 11.5 Å². The minimum absolute atomic E-state index is 0.00669. The molecule has 0 radical (unpaired) electrons. The number of esters is 1. The van der Waals surface area contributed by atoms with Gasteiger partial charge in [-0.2, -0.15) is 0 Å². The van der Waals surface area contributed by atoms with Crippen LogP contribution in [0.15, 0.2) is 21.5 Å². The molecule has 1 fully saturated rings. The van der Waals surface area contributed by atoms with Gasteiger partial charge in [-0.25, -0.2) is 4.79 Å². The van der Waals surface area contributed by atoms with Gasteiger partial charge in [0.2, 0.25) is 0 Å². The molecule has 164 valence electrons. The van der Waals surface area contributed by atoms with E-state index in [1.165, 1.54) is 6.92 Å². The summed E-state index contributed by atoms with van der Waals surface area (Å²) in [6, 6.07) is 2.57. The van der Waals surface area contributed by atoms with E-state index >= 15 is 0 Å². The Morgan fingerprint density at radius 2 is 1.90 bits per heavy atom. The van der Waals surface area contributed by atoms with Crippen molar-refractivity contribution in [1.82, 2.24) is 4.90 Å². The van der Waals surface area contributed by atoms with Crippen molar-refractivity contribution in [1.29, 1.82) is 0 Å². The lowest BCUT2D eigenvalue weighted by Gasteiger charge is -2.19. The molecule has 2 atom stereocenters. The molecule has 0 aromatic heterocycles. The van der Waals surface area contributed by atoms with Gasteiger partial charge in [0.25, 0.3) is 11.1 Å². The topological polar surface area (TPSA) is 82.1 Å². The van der Waals surface area contributed by atoms with E-state index in [2.05, 4.69) is 15.9 Å². The van der Waals surface area contributed by atoms with Crippen LogP contribution in [0.1, 0.15) is 46.6 Å². The Balaban J connectivity index is 2.35. The van der Waals surface area contributed by atoms with Crippen molar-refractivity contribution in [3.05, 3.63) is 27.1 Å². The summed E-state index contributed by atoms with van der Waals surface area (Å²) in [6.45, 7) is 9.63. The summed E-state index contributed by atoms with van der Waals surface area (Å²) in [5, 5.41) is -0.507. The third-order valence-corrected chi connectivity index (χ3v) is 5.83. The number of rotatable bonds is 9. The number of hydrogen-bond donors (Lipinski definition) is 0. The predicted molar refractivity (Wildman–Crippen MR) is 120 cm³/mol. The number of carbonyl (C=O) groups is 3. The van der Waals surface area contributed by atoms with Crippen LogP contribution in [0.4, 0.5) is 4.79 Å². The second kappa shape index (κ2) is 10.9. The summed E-state index contributed by atoms with van der Waals surface area (Å²) in [6.07, 6.45) is 2.45. The summed E-state index contributed by atoms with van der Waals surface area (Å²) in [7, 11) is 0. The van der Waals surface area contributed by atoms with E-state index in [4.69, 9.17) is 14.2 Å². The SMILES string of the molecule is CCOC(=O)[C@H](C)N1C(=O)S/C(=C/c2cc(Br)c(O[C@@H](C)CC)c(OCC)c2)C1=O. The lowest BCUT2D eigenvalue weighted by atomic mass is 10.1. The molecule has 0 aliphatic carbocycles. The highest BCUT2D eigenvalue weighted by Gasteiger charge is 2.41. The monoisotopic (exact) mass is 499 g/mol. The number of amides is 2. The maximum atomic E-state index is 12.8. The van der Waals surface area contributed by atoms with E-state index in [1.54, 1.807) is 25.1 Å². The van der Waals surface area contributed by atoms with Crippen molar-refractivity contribution in [2.75, 3.05) is 13.2 Å². The predicted octanol–water partition coefficient (Wildman–Crippen LogP) is 5.01. The van der Waals surface area contributed by atoms with Gasteiger partial charge in [0.1, 0.15) is 6.04 Å². The Morgan fingerprint density at radius 1 is 1.20 bits per heavy atom. The molecule has 0 bridgehead atoms. The minimum Gasteiger partial charge on any atom is -0.490 e. The fourth-order valence-electron chi connectivity index (χ4n) is 2.67. The number of thioether (sulfide) groups is 1. The van der Waals surface area contributed by atoms with Crippen molar-refractivity contribution < 1.29 is 28.6 Å². The van der Waals surface area contributed by atoms with E-state index < -0.39 is 23.2 Å². The molecule has 7 nitrogen and oxygen atoms in total. The van der Waals surface area contributed by atoms with Gasteiger partial charge in [0.15, 0.2) is 11.5 Å². The van der Waals surface area contributed by atoms with Crippen LogP contribution in [-0.2, 0) is 14.3 Å². The van der Waals surface area contributed by atoms with E-state index in [1.807, 2.05) is 20.8 Å². The van der Waals surface area contributed by atoms with Crippen LogP contribution in [-0.4, -0.2) is 47.4 Å². The molecular weight excluding hydrogens is 474 g/mol. The summed E-state index contributed by atoms with van der Waals surface area (Å²) < 4.78 is 17.3. The van der Waals surface area contributed by atoms with Crippen LogP contribution < -0.4 is 9.47 Å². The van der Waals surface area contributed by atoms with Gasteiger partial charge in [-0.05, 0) is 85.6 Å². The Morgan fingerprint density at radius 3 is 2.50 bits per heavy atom. The molecule has 1 aromatic carbocycles. The third kappa shape index (κ3) is 5.57. The smallest absolute Gasteiger partial charge is 0.329 e. The average Bonchev–Trinajstić information content (AvgIpc) is 2.97. The molecule has 30 heavy (non-hydrogen) atoms. The maximum Gasteiger partial charge on any atom is 0.329 e. The minimum atomic E-state index is -0.986. The van der Waals surface area contributed by atoms with Gasteiger partial charge in [-0.15, -0.1) is 0 Å². The number of halogens is 1. The van der Waals surface area contributed by atoms with Crippen molar-refractivity contribution in [3.63, 3.8) is 0 Å². The van der Waals surface area contributed by atoms with Crippen molar-refractivity contribution >= 4 is 50.9 Å². The van der Waals surface area contributed by atoms with Gasteiger partial charge in [0, 0.05) is 0 Å². The van der Waals surface area contributed by atoms with Gasteiger partial charge in [0.05, 0.1) is 28.7 Å². The van der Waals surface area contributed by atoms with Crippen LogP contribution in [0, 0.1) is 0 Å². The summed E-state index contributed by atoms with van der Waals surface area (Å²) >= 11 is 4.30. The fraction of sp³-hybridized carbons (Fsp3) is 0.476. The second-order valence-corrected chi connectivity index (χ2v) is 8.43. The van der Waals surface area contributed by atoms with Crippen molar-refractivity contribution in [2.45, 2.75) is 53.2 Å². The first kappa shape index (κ1) is 24.3. The van der Waals surface area contributed by atoms with Crippen LogP contribution in [0.25, 0.3) is 6.08 Å². The highest BCUT2D eigenvalue weighted by atomic mass is 79.9.